The maximum Gasteiger partial charge on any atom is 0.228 e. The fourth-order valence-corrected chi connectivity index (χ4v) is 1.43. The van der Waals surface area contributed by atoms with Gasteiger partial charge < -0.3 is 15.3 Å². The van der Waals surface area contributed by atoms with E-state index >= 15 is 0 Å². The maximum atomic E-state index is 11.7. The molecule has 0 aliphatic rings. The Morgan fingerprint density at radius 2 is 1.67 bits per heavy atom. The Morgan fingerprint density at radius 3 is 2.17 bits per heavy atom. The highest BCUT2D eigenvalue weighted by molar-refractivity contribution is 6.43. The number of benzene rings is 1. The molecule has 0 amide bonds. The van der Waals surface area contributed by atoms with Crippen molar-refractivity contribution in [3.63, 3.8) is 0 Å². The van der Waals surface area contributed by atoms with Gasteiger partial charge in [-0.3, -0.25) is 9.59 Å². The largest absolute Gasteiger partial charge is 0.394 e. The predicted molar refractivity (Wildman–Crippen MR) is 64.5 cm³/mol. The van der Waals surface area contributed by atoms with Crippen molar-refractivity contribution in [2.45, 2.75) is 18.6 Å². The van der Waals surface area contributed by atoms with Crippen LogP contribution < -0.4 is 0 Å². The third-order valence-electron chi connectivity index (χ3n) is 2.39. The van der Waals surface area contributed by atoms with Gasteiger partial charge in [-0.25, -0.2) is 0 Å². The van der Waals surface area contributed by atoms with Crippen LogP contribution in [0, 0.1) is 0 Å². The Balaban J connectivity index is 2.67. The fourth-order valence-electron chi connectivity index (χ4n) is 1.30. The highest BCUT2D eigenvalue weighted by Crippen LogP contribution is 2.11. The number of aliphatic hydroxyl groups excluding tert-OH is 3. The maximum absolute atomic E-state index is 11.7. The van der Waals surface area contributed by atoms with Crippen molar-refractivity contribution in [3.05, 3.63) is 34.9 Å². The molecule has 5 nitrogen and oxygen atoms in total. The fraction of sp³-hybridized carbons (Fsp3) is 0.333. The molecule has 0 aromatic heterocycles. The number of aliphatic hydroxyl groups is 3. The van der Waals surface area contributed by atoms with Crippen LogP contribution in [0.4, 0.5) is 0 Å². The van der Waals surface area contributed by atoms with Gasteiger partial charge in [-0.2, -0.15) is 0 Å². The third kappa shape index (κ3) is 3.89. The molecule has 0 unspecified atom stereocenters. The quantitative estimate of drug-likeness (QED) is 0.508. The van der Waals surface area contributed by atoms with Crippen molar-refractivity contribution < 1.29 is 24.9 Å². The van der Waals surface area contributed by atoms with E-state index in [0.717, 1.165) is 0 Å². The third-order valence-corrected chi connectivity index (χ3v) is 2.64. The van der Waals surface area contributed by atoms with Crippen molar-refractivity contribution in [2.24, 2.45) is 0 Å². The van der Waals surface area contributed by atoms with Crippen LogP contribution in [0.2, 0.25) is 5.02 Å². The second-order valence-electron chi connectivity index (χ2n) is 3.78. The Kier molecular flexibility index (Phi) is 5.43. The first-order valence-corrected chi connectivity index (χ1v) is 5.63. The zero-order valence-corrected chi connectivity index (χ0v) is 10.2. The highest BCUT2D eigenvalue weighted by Gasteiger charge is 2.23. The Morgan fingerprint density at radius 1 is 1.11 bits per heavy atom. The van der Waals surface area contributed by atoms with Crippen LogP contribution in [0.15, 0.2) is 24.3 Å². The van der Waals surface area contributed by atoms with Crippen LogP contribution in [0.25, 0.3) is 0 Å². The lowest BCUT2D eigenvalue weighted by Gasteiger charge is -2.13. The van der Waals surface area contributed by atoms with Crippen LogP contribution in [-0.4, -0.2) is 45.7 Å². The molecule has 1 aromatic rings. The summed E-state index contributed by atoms with van der Waals surface area (Å²) in [6.45, 7) is -0.677. The summed E-state index contributed by atoms with van der Waals surface area (Å²) in [7, 11) is 0. The van der Waals surface area contributed by atoms with Crippen molar-refractivity contribution >= 4 is 23.2 Å². The van der Waals surface area contributed by atoms with Gasteiger partial charge in [0.25, 0.3) is 0 Å². The Bertz CT molecular complexity index is 429. The number of Topliss-reactive ketones (excluding diaryl/α,β-unsaturated/α-hetero) is 2. The zero-order valence-electron chi connectivity index (χ0n) is 9.41. The van der Waals surface area contributed by atoms with Gasteiger partial charge >= 0.3 is 0 Å². The molecule has 1 aromatic carbocycles. The Labute approximate surface area is 109 Å². The monoisotopic (exact) mass is 272 g/mol. The standard InChI is InChI=1S/C12H13ClO5/c13-8-3-1-7(2-4-8)12(18)10(16)5-9(15)11(17)6-14/h1-4,9,11,14-15,17H,5-6H2/t9-,11+/m0/s1. The first kappa shape index (κ1) is 14.8. The van der Waals surface area contributed by atoms with Crippen LogP contribution in [0.5, 0.6) is 0 Å². The summed E-state index contributed by atoms with van der Waals surface area (Å²) in [6.07, 6.45) is -3.44. The summed E-state index contributed by atoms with van der Waals surface area (Å²) in [4.78, 5) is 23.2. The molecule has 0 bridgehead atoms. The number of hydrogen-bond acceptors (Lipinski definition) is 5. The topological polar surface area (TPSA) is 94.8 Å². The van der Waals surface area contributed by atoms with Crippen LogP contribution in [-0.2, 0) is 4.79 Å². The van der Waals surface area contributed by atoms with Crippen molar-refractivity contribution in [1.82, 2.24) is 0 Å². The van der Waals surface area contributed by atoms with Crippen LogP contribution >= 0.6 is 11.6 Å². The lowest BCUT2D eigenvalue weighted by Crippen LogP contribution is -2.33. The van der Waals surface area contributed by atoms with Gasteiger partial charge in [-0.05, 0) is 24.3 Å². The van der Waals surface area contributed by atoms with Gasteiger partial charge in [0, 0.05) is 17.0 Å². The molecule has 0 heterocycles. The molecule has 0 fully saturated rings. The summed E-state index contributed by atoms with van der Waals surface area (Å²) >= 11 is 5.64. The van der Waals surface area contributed by atoms with Gasteiger partial charge in [0.2, 0.25) is 11.6 Å². The van der Waals surface area contributed by atoms with E-state index in [0.29, 0.717) is 5.02 Å². The lowest BCUT2D eigenvalue weighted by atomic mass is 10.0. The van der Waals surface area contributed by atoms with Gasteiger partial charge in [0.05, 0.1) is 12.7 Å². The minimum Gasteiger partial charge on any atom is -0.394 e. The first-order valence-electron chi connectivity index (χ1n) is 5.25. The van der Waals surface area contributed by atoms with E-state index in [2.05, 4.69) is 0 Å². The second-order valence-corrected chi connectivity index (χ2v) is 4.22. The van der Waals surface area contributed by atoms with Crippen LogP contribution in [0.3, 0.4) is 0 Å². The Hall–Kier alpha value is -1.27. The molecule has 1 rings (SSSR count). The lowest BCUT2D eigenvalue weighted by molar-refractivity contribution is -0.119. The van der Waals surface area contributed by atoms with E-state index in [4.69, 9.17) is 21.8 Å². The minimum absolute atomic E-state index is 0.162. The van der Waals surface area contributed by atoms with E-state index in [9.17, 15) is 14.7 Å². The van der Waals surface area contributed by atoms with Crippen molar-refractivity contribution in [1.29, 1.82) is 0 Å². The molecule has 0 saturated carbocycles. The van der Waals surface area contributed by atoms with Gasteiger partial charge in [0.15, 0.2) is 0 Å². The van der Waals surface area contributed by atoms with Crippen molar-refractivity contribution in [3.8, 4) is 0 Å². The normalized spacial score (nSPS) is 14.0. The first-order chi connectivity index (χ1) is 8.45. The molecule has 3 N–H and O–H groups in total. The summed E-state index contributed by atoms with van der Waals surface area (Å²) in [5.41, 5.74) is 0.162. The highest BCUT2D eigenvalue weighted by atomic mass is 35.5. The van der Waals surface area contributed by atoms with E-state index in [1.807, 2.05) is 0 Å². The average Bonchev–Trinajstić information content (AvgIpc) is 2.37. The summed E-state index contributed by atoms with van der Waals surface area (Å²) in [5, 5.41) is 27.4. The number of carbonyl (C=O) groups is 2. The smallest absolute Gasteiger partial charge is 0.228 e. The molecule has 2 atom stereocenters. The number of halogens is 1. The molecule has 0 radical (unpaired) electrons. The second kappa shape index (κ2) is 6.61. The number of rotatable bonds is 6. The minimum atomic E-state index is -1.46. The van der Waals surface area contributed by atoms with Gasteiger partial charge in [-0.1, -0.05) is 11.6 Å². The molecule has 0 aliphatic carbocycles. The molecule has 18 heavy (non-hydrogen) atoms. The van der Waals surface area contributed by atoms with Gasteiger partial charge in [0.1, 0.15) is 6.10 Å². The summed E-state index contributed by atoms with van der Waals surface area (Å²) in [5.74, 6) is -1.60. The van der Waals surface area contributed by atoms with Crippen LogP contribution in [0.1, 0.15) is 16.8 Å². The SMILES string of the molecule is O=C(C[C@H](O)[C@H](O)CO)C(=O)c1ccc(Cl)cc1. The van der Waals surface area contributed by atoms with Gasteiger partial charge in [-0.15, -0.1) is 0 Å². The van der Waals surface area contributed by atoms with E-state index in [1.165, 1.54) is 24.3 Å². The van der Waals surface area contributed by atoms with Crippen molar-refractivity contribution in [2.75, 3.05) is 6.61 Å². The van der Waals surface area contributed by atoms with E-state index < -0.39 is 36.8 Å². The molecule has 6 heteroatoms. The number of carbonyl (C=O) groups excluding carboxylic acids is 2. The van der Waals surface area contributed by atoms with E-state index in [1.54, 1.807) is 0 Å². The molecular weight excluding hydrogens is 260 g/mol. The predicted octanol–water partition coefficient (Wildman–Crippen LogP) is 0.196. The summed E-state index contributed by atoms with van der Waals surface area (Å²) < 4.78 is 0. The number of ketones is 2. The number of hydrogen-bond donors (Lipinski definition) is 3. The van der Waals surface area contributed by atoms with E-state index in [-0.39, 0.29) is 5.56 Å². The molecule has 98 valence electrons. The summed E-state index contributed by atoms with van der Waals surface area (Å²) in [6, 6.07) is 5.75. The molecular formula is C12H13ClO5. The zero-order chi connectivity index (χ0) is 13.7. The molecule has 0 spiro atoms. The molecule has 0 aliphatic heterocycles. The average molecular weight is 273 g/mol. The molecule has 0 saturated heterocycles.